The zero-order valence-electron chi connectivity index (χ0n) is 16.5. The first-order valence-corrected chi connectivity index (χ1v) is 8.95. The van der Waals surface area contributed by atoms with E-state index in [0.717, 1.165) is 12.0 Å². The van der Waals surface area contributed by atoms with Crippen LogP contribution in [-0.4, -0.2) is 21.3 Å². The van der Waals surface area contributed by atoms with Crippen LogP contribution in [0.4, 0.5) is 0 Å². The molecule has 0 spiro atoms. The smallest absolute Gasteiger partial charge is 0.170 e. The number of rotatable bonds is 9. The van der Waals surface area contributed by atoms with Crippen LogP contribution in [0.5, 0.6) is 17.2 Å². The third kappa shape index (κ3) is 4.65. The summed E-state index contributed by atoms with van der Waals surface area (Å²) in [5.41, 5.74) is 13.0. The second kappa shape index (κ2) is 9.73. The molecule has 0 heterocycles. The molecular formula is C21H29N3O3. The van der Waals surface area contributed by atoms with Gasteiger partial charge in [-0.25, -0.2) is 0 Å². The van der Waals surface area contributed by atoms with Gasteiger partial charge in [0.05, 0.1) is 32.7 Å². The Kier molecular flexibility index (Phi) is 7.37. The molecule has 0 aliphatic rings. The lowest BCUT2D eigenvalue weighted by Gasteiger charge is -2.18. The molecule has 0 atom stereocenters. The Morgan fingerprint density at radius 3 is 2.22 bits per heavy atom. The quantitative estimate of drug-likeness (QED) is 0.356. The number of hydrazine groups is 1. The Morgan fingerprint density at radius 2 is 1.70 bits per heavy atom. The van der Waals surface area contributed by atoms with Crippen LogP contribution in [-0.2, 0) is 6.42 Å². The maximum absolute atomic E-state index is 6.47. The average Bonchev–Trinajstić information content (AvgIpc) is 2.72. The molecule has 0 radical (unpaired) electrons. The lowest BCUT2D eigenvalue weighted by Crippen LogP contribution is -2.23. The molecule has 2 rings (SSSR count). The minimum atomic E-state index is 0.438. The zero-order chi connectivity index (χ0) is 19.8. The molecule has 0 bridgehead atoms. The number of unbranched alkanes of at least 4 members (excludes halogenated alkanes) is 1. The van der Waals surface area contributed by atoms with Crippen molar-refractivity contribution in [3.05, 3.63) is 53.1 Å². The highest BCUT2D eigenvalue weighted by Gasteiger charge is 2.18. The minimum Gasteiger partial charge on any atom is -0.497 e. The lowest BCUT2D eigenvalue weighted by atomic mass is 10.0. The van der Waals surface area contributed by atoms with E-state index in [0.29, 0.717) is 34.2 Å². The Hall–Kier alpha value is -2.86. The van der Waals surface area contributed by atoms with Crippen LogP contribution in [0.2, 0.25) is 0 Å². The summed E-state index contributed by atoms with van der Waals surface area (Å²) in [6.07, 6.45) is 3.39. The van der Waals surface area contributed by atoms with Gasteiger partial charge in [0.1, 0.15) is 5.75 Å². The van der Waals surface area contributed by atoms with Gasteiger partial charge < -0.3 is 25.4 Å². The fraction of sp³-hybridized carbons (Fsp3) is 0.333. The van der Waals surface area contributed by atoms with Crippen molar-refractivity contribution >= 4 is 11.4 Å². The van der Waals surface area contributed by atoms with E-state index in [4.69, 9.17) is 25.8 Å². The van der Waals surface area contributed by atoms with E-state index in [1.54, 1.807) is 33.5 Å². The number of nitrogens with two attached hydrogens (primary N) is 2. The van der Waals surface area contributed by atoms with Crippen molar-refractivity contribution in [2.24, 2.45) is 11.6 Å². The Morgan fingerprint density at radius 1 is 1.00 bits per heavy atom. The molecule has 0 saturated carbocycles. The molecule has 6 heteroatoms. The van der Waals surface area contributed by atoms with Crippen molar-refractivity contribution in [2.75, 3.05) is 21.3 Å². The molecule has 27 heavy (non-hydrogen) atoms. The van der Waals surface area contributed by atoms with E-state index in [1.165, 1.54) is 18.4 Å². The highest BCUT2D eigenvalue weighted by atomic mass is 16.5. The maximum atomic E-state index is 6.47. The number of ether oxygens (including phenoxy) is 3. The highest BCUT2D eigenvalue weighted by molar-refractivity contribution is 5.91. The minimum absolute atomic E-state index is 0.438. The van der Waals surface area contributed by atoms with Gasteiger partial charge in [0.25, 0.3) is 0 Å². The van der Waals surface area contributed by atoms with Crippen molar-refractivity contribution in [2.45, 2.75) is 26.2 Å². The van der Waals surface area contributed by atoms with Gasteiger partial charge in [-0.05, 0) is 24.5 Å². The molecule has 0 aliphatic carbocycles. The summed E-state index contributed by atoms with van der Waals surface area (Å²) < 4.78 is 16.3. The van der Waals surface area contributed by atoms with Crippen molar-refractivity contribution in [1.82, 2.24) is 5.43 Å². The first-order valence-electron chi connectivity index (χ1n) is 8.95. The molecule has 0 fully saturated rings. The maximum Gasteiger partial charge on any atom is 0.170 e. The zero-order valence-corrected chi connectivity index (χ0v) is 16.5. The lowest BCUT2D eigenvalue weighted by molar-refractivity contribution is 0.348. The summed E-state index contributed by atoms with van der Waals surface area (Å²) in [6.45, 7) is 2.18. The summed E-state index contributed by atoms with van der Waals surface area (Å²) >= 11 is 0. The second-order valence-electron chi connectivity index (χ2n) is 6.14. The third-order valence-electron chi connectivity index (χ3n) is 4.45. The van der Waals surface area contributed by atoms with E-state index >= 15 is 0 Å². The number of hydrogen-bond acceptors (Lipinski definition) is 6. The Labute approximate surface area is 161 Å². The van der Waals surface area contributed by atoms with Crippen LogP contribution >= 0.6 is 0 Å². The summed E-state index contributed by atoms with van der Waals surface area (Å²) in [7, 11) is 4.72. The predicted octanol–water partition coefficient (Wildman–Crippen LogP) is 3.30. The molecule has 0 aromatic heterocycles. The van der Waals surface area contributed by atoms with Gasteiger partial charge in [-0.1, -0.05) is 37.6 Å². The topological polar surface area (TPSA) is 91.8 Å². The molecule has 0 unspecified atom stereocenters. The van der Waals surface area contributed by atoms with Gasteiger partial charge in [-0.3, -0.25) is 5.84 Å². The van der Waals surface area contributed by atoms with Gasteiger partial charge in [0.2, 0.25) is 0 Å². The van der Waals surface area contributed by atoms with Crippen LogP contribution in [0.1, 0.15) is 36.5 Å². The fourth-order valence-corrected chi connectivity index (χ4v) is 2.93. The number of benzene rings is 2. The molecule has 2 aromatic rings. The van der Waals surface area contributed by atoms with E-state index in [2.05, 4.69) is 24.5 Å². The first-order chi connectivity index (χ1) is 13.1. The molecule has 0 aliphatic heterocycles. The number of nitrogens with one attached hydrogen (secondary N) is 1. The molecular weight excluding hydrogens is 342 g/mol. The number of aryl methyl sites for hydroxylation is 1. The fourth-order valence-electron chi connectivity index (χ4n) is 2.93. The molecule has 2 aromatic carbocycles. The predicted molar refractivity (Wildman–Crippen MR) is 109 cm³/mol. The number of hydrogen-bond donors (Lipinski definition) is 3. The standard InChI is InChI=1S/C21H29N3O3/c1-5-6-7-14-8-10-15(11-9-14)20(24-23)19(22)17-12-16(25-2)13-18(26-3)21(17)27-4/h8-13,24H,5-7,22-23H2,1-4H3/b20-19-. The van der Waals surface area contributed by atoms with E-state index in [-0.39, 0.29) is 0 Å². The second-order valence-corrected chi connectivity index (χ2v) is 6.14. The van der Waals surface area contributed by atoms with Gasteiger partial charge in [-0.2, -0.15) is 0 Å². The summed E-state index contributed by atoms with van der Waals surface area (Å²) in [5.74, 6) is 7.46. The monoisotopic (exact) mass is 371 g/mol. The SMILES string of the molecule is CCCCc1ccc(/C(NN)=C(/N)c2cc(OC)cc(OC)c2OC)cc1. The Bertz CT molecular complexity index is 786. The first kappa shape index (κ1) is 20.5. The molecule has 5 N–H and O–H groups in total. The van der Waals surface area contributed by atoms with E-state index in [1.807, 2.05) is 12.1 Å². The van der Waals surface area contributed by atoms with Crippen molar-refractivity contribution in [1.29, 1.82) is 0 Å². The van der Waals surface area contributed by atoms with Crippen LogP contribution < -0.4 is 31.2 Å². The Balaban J connectivity index is 2.53. The van der Waals surface area contributed by atoms with Crippen molar-refractivity contribution in [3.63, 3.8) is 0 Å². The van der Waals surface area contributed by atoms with E-state index < -0.39 is 0 Å². The average molecular weight is 371 g/mol. The van der Waals surface area contributed by atoms with Gasteiger partial charge >= 0.3 is 0 Å². The highest BCUT2D eigenvalue weighted by Crippen LogP contribution is 2.39. The molecule has 0 saturated heterocycles. The van der Waals surface area contributed by atoms with Crippen LogP contribution in [0.25, 0.3) is 11.4 Å². The van der Waals surface area contributed by atoms with Gasteiger partial charge in [-0.15, -0.1) is 0 Å². The van der Waals surface area contributed by atoms with Crippen molar-refractivity contribution < 1.29 is 14.2 Å². The molecule has 146 valence electrons. The number of methoxy groups -OCH3 is 3. The summed E-state index contributed by atoms with van der Waals surface area (Å²) in [4.78, 5) is 0. The van der Waals surface area contributed by atoms with Gasteiger partial charge in [0.15, 0.2) is 11.5 Å². The largest absolute Gasteiger partial charge is 0.497 e. The van der Waals surface area contributed by atoms with Crippen molar-refractivity contribution in [3.8, 4) is 17.2 Å². The summed E-state index contributed by atoms with van der Waals surface area (Å²) in [5, 5.41) is 0. The molecule has 6 nitrogen and oxygen atoms in total. The van der Waals surface area contributed by atoms with E-state index in [9.17, 15) is 0 Å². The van der Waals surface area contributed by atoms with Crippen LogP contribution in [0.3, 0.4) is 0 Å². The summed E-state index contributed by atoms with van der Waals surface area (Å²) in [6, 6.07) is 11.8. The van der Waals surface area contributed by atoms with Gasteiger partial charge in [0, 0.05) is 17.2 Å². The van der Waals surface area contributed by atoms with Crippen LogP contribution in [0, 0.1) is 0 Å². The van der Waals surface area contributed by atoms with Crippen LogP contribution in [0.15, 0.2) is 36.4 Å². The molecule has 0 amide bonds. The third-order valence-corrected chi connectivity index (χ3v) is 4.45. The normalized spacial score (nSPS) is 11.6.